The molecule has 1 aliphatic carbocycles. The van der Waals surface area contributed by atoms with E-state index in [1.807, 2.05) is 89.8 Å². The summed E-state index contributed by atoms with van der Waals surface area (Å²) < 4.78 is 29.2. The highest BCUT2D eigenvalue weighted by Gasteiger charge is 2.76. The number of carbonyl (C=O) groups excluding carboxylic acids is 5. The van der Waals surface area contributed by atoms with Crippen LogP contribution in [0.5, 0.6) is 17.2 Å². The zero-order chi connectivity index (χ0) is 54.1. The second-order valence-electron chi connectivity index (χ2n) is 21.0. The number of fused-ring (bicyclic) bond motifs is 4. The topological polar surface area (TPSA) is 177 Å². The van der Waals surface area contributed by atoms with Crippen LogP contribution in [0.25, 0.3) is 0 Å². The number of anilines is 1. The summed E-state index contributed by atoms with van der Waals surface area (Å²) in [6.45, 7) is 5.38. The van der Waals surface area contributed by atoms with Crippen LogP contribution in [0.15, 0.2) is 133 Å². The molecule has 3 saturated heterocycles. The summed E-state index contributed by atoms with van der Waals surface area (Å²) in [6.07, 6.45) is 5.03. The number of piperazine rings is 1. The van der Waals surface area contributed by atoms with E-state index in [1.165, 1.54) is 7.11 Å². The van der Waals surface area contributed by atoms with E-state index in [0.29, 0.717) is 59.1 Å². The number of hydrogen-bond acceptors (Lipinski definition) is 13. The molecule has 5 heterocycles. The summed E-state index contributed by atoms with van der Waals surface area (Å²) in [4.78, 5) is 85.1. The number of methoxy groups -OCH3 is 1. The highest BCUT2D eigenvalue weighted by atomic mass is 16.7. The third-order valence-corrected chi connectivity index (χ3v) is 16.0. The Hall–Kier alpha value is -7.97. The van der Waals surface area contributed by atoms with E-state index < -0.39 is 77.3 Å². The van der Waals surface area contributed by atoms with Gasteiger partial charge in [0.15, 0.2) is 11.5 Å². The molecule has 1 spiro atoms. The predicted molar refractivity (Wildman–Crippen MR) is 288 cm³/mol. The minimum atomic E-state index is -2.08. The van der Waals surface area contributed by atoms with E-state index in [-0.39, 0.29) is 38.8 Å². The van der Waals surface area contributed by atoms with Gasteiger partial charge >= 0.3 is 18.0 Å². The number of nitrogens with one attached hydrogen (secondary N) is 1. The maximum atomic E-state index is 17.0. The molecular formula is C62H63N5O11. The Morgan fingerprint density at radius 1 is 0.808 bits per heavy atom. The molecular weight excluding hydrogens is 991 g/mol. The van der Waals surface area contributed by atoms with Gasteiger partial charge < -0.3 is 39.0 Å². The van der Waals surface area contributed by atoms with Crippen LogP contribution < -0.4 is 24.4 Å². The summed E-state index contributed by atoms with van der Waals surface area (Å²) in [5.41, 5.74) is 2.88. The van der Waals surface area contributed by atoms with Crippen molar-refractivity contribution < 1.29 is 52.8 Å². The molecule has 3 fully saturated rings. The van der Waals surface area contributed by atoms with Gasteiger partial charge in [0.1, 0.15) is 36.0 Å². The minimum absolute atomic E-state index is 0.0339. The number of cyclic esters (lactones) is 1. The first-order chi connectivity index (χ1) is 38.0. The number of urea groups is 1. The first kappa shape index (κ1) is 52.1. The molecule has 11 rings (SSSR count). The number of carbonyl (C=O) groups is 5. The lowest BCUT2D eigenvalue weighted by atomic mass is 9.64. The van der Waals surface area contributed by atoms with Crippen molar-refractivity contribution in [1.82, 2.24) is 20.0 Å². The average molecular weight is 1050 g/mol. The summed E-state index contributed by atoms with van der Waals surface area (Å²) in [5.74, 6) is 3.84. The summed E-state index contributed by atoms with van der Waals surface area (Å²) in [7, 11) is 1.23. The van der Waals surface area contributed by atoms with Crippen molar-refractivity contribution in [3.8, 4) is 29.1 Å². The zero-order valence-corrected chi connectivity index (χ0v) is 44.0. The number of nitrogens with zero attached hydrogens (tertiary/aromatic N) is 4. The summed E-state index contributed by atoms with van der Waals surface area (Å²) in [5, 5.41) is 12.8. The summed E-state index contributed by atoms with van der Waals surface area (Å²) >= 11 is 0. The molecule has 5 aromatic carbocycles. The fourth-order valence-corrected chi connectivity index (χ4v) is 12.5. The normalized spacial score (nSPS) is 23.9. The number of morpholine rings is 1. The van der Waals surface area contributed by atoms with Gasteiger partial charge in [-0.05, 0) is 107 Å². The van der Waals surface area contributed by atoms with Crippen LogP contribution in [0.1, 0.15) is 91.1 Å². The Balaban J connectivity index is 1.13. The number of esters is 2. The average Bonchev–Trinajstić information content (AvgIpc) is 3.42. The molecule has 4 amide bonds. The van der Waals surface area contributed by atoms with E-state index in [4.69, 9.17) is 23.7 Å². The first-order valence-electron chi connectivity index (χ1n) is 26.9. The van der Waals surface area contributed by atoms with Gasteiger partial charge in [-0.15, -0.1) is 0 Å². The number of imide groups is 1. The number of rotatable bonds is 12. The number of benzene rings is 5. The van der Waals surface area contributed by atoms with Gasteiger partial charge in [0.05, 0.1) is 37.4 Å². The number of hydrogen-bond donors (Lipinski definition) is 2. The SMILES string of the molecule is COC(=O)[C@@H](NC(=O)N1C(=O)[C@@]2(c3cc(C#CC4=CCCCC4)ccc31)[C@H](c1cccc(OCCO)c1)N1[C@H](c3ccccc3)[C@H](c3ccccc3)OC(=O)[C@H]1[C@@H]2C(=O)N1CCN(Cc2ccc3c(c2)OCO3)CC1)C(C)C. The fraction of sp³-hybridized carbons (Fsp3) is 0.371. The van der Waals surface area contributed by atoms with Gasteiger partial charge in [-0.1, -0.05) is 111 Å². The van der Waals surface area contributed by atoms with Crippen LogP contribution in [0.4, 0.5) is 10.5 Å². The Labute approximate surface area is 453 Å². The zero-order valence-electron chi connectivity index (χ0n) is 44.0. The Bertz CT molecular complexity index is 3200. The quantitative estimate of drug-likeness (QED) is 0.0926. The first-order valence-corrected chi connectivity index (χ1v) is 26.9. The van der Waals surface area contributed by atoms with E-state index in [1.54, 1.807) is 55.1 Å². The lowest BCUT2D eigenvalue weighted by Crippen LogP contribution is -2.59. The molecule has 7 atom stereocenters. The molecule has 78 heavy (non-hydrogen) atoms. The van der Waals surface area contributed by atoms with Crippen LogP contribution in [-0.2, 0) is 40.6 Å². The second kappa shape index (κ2) is 22.2. The van der Waals surface area contributed by atoms with Gasteiger partial charge in [0, 0.05) is 38.3 Å². The molecule has 402 valence electrons. The van der Waals surface area contributed by atoms with E-state index in [9.17, 15) is 9.90 Å². The largest absolute Gasteiger partial charge is 0.491 e. The number of aliphatic hydroxyl groups excluding tert-OH is 1. The van der Waals surface area contributed by atoms with E-state index in [0.717, 1.165) is 47.3 Å². The molecule has 16 nitrogen and oxygen atoms in total. The van der Waals surface area contributed by atoms with Gasteiger partial charge in [-0.3, -0.25) is 24.2 Å². The third kappa shape index (κ3) is 9.54. The molecule has 0 saturated carbocycles. The van der Waals surface area contributed by atoms with E-state index in [2.05, 4.69) is 28.1 Å². The number of allylic oxidation sites excluding steroid dienone is 2. The van der Waals surface area contributed by atoms with E-state index >= 15 is 19.2 Å². The Morgan fingerprint density at radius 2 is 1.55 bits per heavy atom. The Kier molecular flexibility index (Phi) is 14.8. The number of aliphatic hydroxyl groups is 1. The van der Waals surface area contributed by atoms with Crippen molar-refractivity contribution in [3.63, 3.8) is 0 Å². The van der Waals surface area contributed by atoms with Crippen LogP contribution in [-0.4, -0.2) is 115 Å². The van der Waals surface area contributed by atoms with Gasteiger partial charge in [-0.2, -0.15) is 0 Å². The lowest BCUT2D eigenvalue weighted by Gasteiger charge is -2.46. The maximum Gasteiger partial charge on any atom is 0.329 e. The lowest BCUT2D eigenvalue weighted by molar-refractivity contribution is -0.179. The molecule has 2 N–H and O–H groups in total. The highest BCUT2D eigenvalue weighted by molar-refractivity contribution is 6.25. The molecule has 0 bridgehead atoms. The monoisotopic (exact) mass is 1050 g/mol. The Morgan fingerprint density at radius 3 is 2.27 bits per heavy atom. The predicted octanol–water partition coefficient (Wildman–Crippen LogP) is 7.56. The fourth-order valence-electron chi connectivity index (χ4n) is 12.5. The number of ether oxygens (including phenoxy) is 5. The molecule has 16 heteroatoms. The van der Waals surface area contributed by atoms with Gasteiger partial charge in [-0.25, -0.2) is 14.5 Å². The van der Waals surface area contributed by atoms with Crippen molar-refractivity contribution >= 4 is 35.5 Å². The molecule has 5 aromatic rings. The molecule has 5 aliphatic heterocycles. The van der Waals surface area contributed by atoms with Crippen molar-refractivity contribution in [2.24, 2.45) is 11.8 Å². The molecule has 6 aliphatic rings. The van der Waals surface area contributed by atoms with Crippen molar-refractivity contribution in [2.75, 3.05) is 58.2 Å². The van der Waals surface area contributed by atoms with Crippen LogP contribution in [0.2, 0.25) is 0 Å². The second-order valence-corrected chi connectivity index (χ2v) is 21.0. The van der Waals surface area contributed by atoms with Crippen molar-refractivity contribution in [3.05, 3.63) is 166 Å². The molecule has 0 unspecified atom stereocenters. The van der Waals surface area contributed by atoms with Crippen molar-refractivity contribution in [2.45, 2.75) is 81.8 Å². The highest BCUT2D eigenvalue weighted by Crippen LogP contribution is 2.66. The number of amides is 4. The standard InChI is InChI=1S/C62H63N5O11/c1-39(2)52(58(70)74-3)63-61(73)66-48-26-24-41(23-22-40-14-7-4-8-15-40)34-47(48)62(60(66)72)51(57(69)65-30-28-64(29-31-65)37-42-25-27-49-50(35-42)77-38-76-49)54-59(71)78-55(44-18-11-6-12-19-44)53(43-16-9-5-10-17-43)67(54)56(62)45-20-13-21-46(36-45)75-33-32-68/h5-6,9-14,16-21,24-27,34-36,39,51-56,68H,4,7-8,15,28-33,37-38H2,1-3H3,(H,63,73)/t51-,52+,53-,54-,55+,56+,62-/m1/s1. The van der Waals surface area contributed by atoms with Crippen LogP contribution in [0, 0.1) is 23.7 Å². The van der Waals surface area contributed by atoms with Crippen LogP contribution >= 0.6 is 0 Å². The smallest absolute Gasteiger partial charge is 0.329 e. The van der Waals surface area contributed by atoms with Gasteiger partial charge in [0.25, 0.3) is 0 Å². The summed E-state index contributed by atoms with van der Waals surface area (Å²) in [6, 6.07) is 31.8. The maximum absolute atomic E-state index is 17.0. The van der Waals surface area contributed by atoms with Crippen LogP contribution in [0.3, 0.4) is 0 Å². The minimum Gasteiger partial charge on any atom is -0.491 e. The van der Waals surface area contributed by atoms with Crippen molar-refractivity contribution in [1.29, 1.82) is 0 Å². The van der Waals surface area contributed by atoms with Gasteiger partial charge in [0.2, 0.25) is 18.6 Å². The molecule has 0 radical (unpaired) electrons. The molecule has 0 aromatic heterocycles. The third-order valence-electron chi connectivity index (χ3n) is 16.0.